The summed E-state index contributed by atoms with van der Waals surface area (Å²) >= 11 is 2.92. The topological polar surface area (TPSA) is 59.8 Å². The van der Waals surface area contributed by atoms with Crippen LogP contribution in [0.5, 0.6) is 5.75 Å². The Morgan fingerprint density at radius 2 is 1.86 bits per heavy atom. The highest BCUT2D eigenvalue weighted by molar-refractivity contribution is 7.23. The molecule has 0 aliphatic rings. The molecule has 144 valence electrons. The van der Waals surface area contributed by atoms with Gasteiger partial charge in [0.15, 0.2) is 10.1 Å². The molecule has 28 heavy (non-hydrogen) atoms. The number of likely N-dealkylation sites (N-methyl/N-ethyl adjacent to an activating group) is 1. The van der Waals surface area contributed by atoms with Crippen molar-refractivity contribution in [2.45, 2.75) is 0 Å². The molecule has 0 aliphatic carbocycles. The average molecular weight is 414 g/mol. The number of rotatable bonds is 6. The lowest BCUT2D eigenvalue weighted by Crippen LogP contribution is -3.06. The summed E-state index contributed by atoms with van der Waals surface area (Å²) < 4.78 is 7.43. The molecule has 0 unspecified atom stereocenters. The van der Waals surface area contributed by atoms with E-state index in [0.717, 1.165) is 27.0 Å². The molecule has 0 radical (unpaired) electrons. The van der Waals surface area contributed by atoms with Gasteiger partial charge in [-0.2, -0.15) is 0 Å². The largest absolute Gasteiger partial charge is 0.494 e. The molecule has 4 aromatic rings. The van der Waals surface area contributed by atoms with Crippen LogP contribution in [-0.2, 0) is 0 Å². The maximum atomic E-state index is 13.4. The number of quaternary nitrogens is 1. The molecule has 6 nitrogen and oxygen atoms in total. The first-order chi connectivity index (χ1) is 13.6. The molecule has 0 saturated heterocycles. The van der Waals surface area contributed by atoms with Gasteiger partial charge in [-0.15, -0.1) is 11.3 Å². The number of amides is 1. The van der Waals surface area contributed by atoms with Crippen LogP contribution in [0.25, 0.3) is 20.4 Å². The molecule has 0 saturated carbocycles. The summed E-state index contributed by atoms with van der Waals surface area (Å²) in [4.78, 5) is 25.6. The summed E-state index contributed by atoms with van der Waals surface area (Å²) in [6, 6.07) is 13.6. The van der Waals surface area contributed by atoms with Crippen LogP contribution in [0.15, 0.2) is 42.5 Å². The zero-order valence-electron chi connectivity index (χ0n) is 15.9. The predicted octanol–water partition coefficient (Wildman–Crippen LogP) is 2.71. The number of nitrogens with zero attached hydrogens (tertiary/aromatic N) is 3. The van der Waals surface area contributed by atoms with Crippen molar-refractivity contribution in [3.8, 4) is 5.75 Å². The predicted molar refractivity (Wildman–Crippen MR) is 115 cm³/mol. The Labute approximate surface area is 171 Å². The number of para-hydroxylation sites is 2. The number of thiazole rings is 2. The number of benzene rings is 2. The minimum atomic E-state index is -0.111. The Morgan fingerprint density at radius 3 is 2.61 bits per heavy atom. The number of ether oxygens (including phenoxy) is 1. The van der Waals surface area contributed by atoms with E-state index >= 15 is 0 Å². The summed E-state index contributed by atoms with van der Waals surface area (Å²) in [7, 11) is 5.77. The second-order valence-corrected chi connectivity index (χ2v) is 8.74. The van der Waals surface area contributed by atoms with Gasteiger partial charge in [-0.05, 0) is 24.3 Å². The number of aromatic nitrogens is 2. The van der Waals surface area contributed by atoms with Gasteiger partial charge in [0, 0.05) is 0 Å². The van der Waals surface area contributed by atoms with Crippen molar-refractivity contribution in [2.75, 3.05) is 39.2 Å². The Hall–Kier alpha value is -2.55. The average Bonchev–Trinajstić information content (AvgIpc) is 3.31. The molecule has 0 fully saturated rings. The number of fused-ring (bicyclic) bond motifs is 2. The quantitative estimate of drug-likeness (QED) is 0.528. The van der Waals surface area contributed by atoms with E-state index in [2.05, 4.69) is 19.1 Å². The third kappa shape index (κ3) is 3.58. The first-order valence-corrected chi connectivity index (χ1v) is 10.6. The highest BCUT2D eigenvalue weighted by atomic mass is 32.1. The van der Waals surface area contributed by atoms with E-state index in [1.165, 1.54) is 27.6 Å². The highest BCUT2D eigenvalue weighted by Gasteiger charge is 2.25. The van der Waals surface area contributed by atoms with Gasteiger partial charge in [-0.1, -0.05) is 29.5 Å². The van der Waals surface area contributed by atoms with E-state index in [1.807, 2.05) is 42.5 Å². The molecule has 2 aromatic carbocycles. The minimum absolute atomic E-state index is 0.111. The Kier molecular flexibility index (Phi) is 5.25. The van der Waals surface area contributed by atoms with Crippen LogP contribution in [0.4, 0.5) is 5.13 Å². The van der Waals surface area contributed by atoms with Gasteiger partial charge in [0.05, 0.1) is 49.2 Å². The number of methoxy groups -OCH3 is 1. The van der Waals surface area contributed by atoms with Crippen molar-refractivity contribution in [2.24, 2.45) is 0 Å². The molecule has 4 rings (SSSR count). The Balaban J connectivity index is 1.75. The normalized spacial score (nSPS) is 11.4. The van der Waals surface area contributed by atoms with E-state index in [0.29, 0.717) is 22.4 Å². The van der Waals surface area contributed by atoms with Crippen LogP contribution in [0.3, 0.4) is 0 Å². The maximum absolute atomic E-state index is 13.4. The van der Waals surface area contributed by atoms with Gasteiger partial charge in [0.2, 0.25) is 0 Å². The molecule has 8 heteroatoms. The lowest BCUT2D eigenvalue weighted by atomic mass is 10.3. The van der Waals surface area contributed by atoms with Crippen LogP contribution in [0, 0.1) is 0 Å². The Morgan fingerprint density at radius 1 is 1.07 bits per heavy atom. The lowest BCUT2D eigenvalue weighted by Gasteiger charge is -2.19. The van der Waals surface area contributed by atoms with Crippen LogP contribution < -0.4 is 14.5 Å². The fourth-order valence-electron chi connectivity index (χ4n) is 2.89. The summed E-state index contributed by atoms with van der Waals surface area (Å²) in [6.45, 7) is 1.38. The molecule has 1 N–H and O–H groups in total. The molecule has 2 heterocycles. The number of anilines is 1. The summed E-state index contributed by atoms with van der Waals surface area (Å²) in [6.07, 6.45) is 0. The molecule has 1 amide bonds. The van der Waals surface area contributed by atoms with E-state index in [9.17, 15) is 4.79 Å². The third-order valence-electron chi connectivity index (χ3n) is 4.38. The number of carbonyl (C=O) groups is 1. The standard InChI is InChI=1S/C20H20N4O2S2/c1-23(2)11-12-24(19(25)18-21-13-7-4-5-9-15(13)27-18)20-22-17-14(26-3)8-6-10-16(17)28-20/h4-10H,11-12H2,1-3H3/p+1. The molecule has 0 bridgehead atoms. The van der Waals surface area contributed by atoms with Crippen molar-refractivity contribution in [1.29, 1.82) is 0 Å². The smallest absolute Gasteiger partial charge is 0.289 e. The highest BCUT2D eigenvalue weighted by Crippen LogP contribution is 2.35. The fourth-order valence-corrected chi connectivity index (χ4v) is 4.81. The van der Waals surface area contributed by atoms with Crippen LogP contribution in [0.1, 0.15) is 9.80 Å². The van der Waals surface area contributed by atoms with E-state index in [1.54, 1.807) is 12.0 Å². The van der Waals surface area contributed by atoms with Crippen molar-refractivity contribution in [3.63, 3.8) is 0 Å². The number of hydrogen-bond acceptors (Lipinski definition) is 6. The van der Waals surface area contributed by atoms with E-state index < -0.39 is 0 Å². The minimum Gasteiger partial charge on any atom is -0.494 e. The van der Waals surface area contributed by atoms with Crippen molar-refractivity contribution in [1.82, 2.24) is 9.97 Å². The van der Waals surface area contributed by atoms with Crippen LogP contribution in [0.2, 0.25) is 0 Å². The van der Waals surface area contributed by atoms with Gasteiger partial charge in [-0.3, -0.25) is 9.69 Å². The van der Waals surface area contributed by atoms with Crippen LogP contribution >= 0.6 is 22.7 Å². The summed E-state index contributed by atoms with van der Waals surface area (Å²) in [5, 5.41) is 1.16. The summed E-state index contributed by atoms with van der Waals surface area (Å²) in [5.41, 5.74) is 1.63. The molecule has 2 aromatic heterocycles. The van der Waals surface area contributed by atoms with Crippen molar-refractivity contribution in [3.05, 3.63) is 47.5 Å². The maximum Gasteiger partial charge on any atom is 0.289 e. The lowest BCUT2D eigenvalue weighted by molar-refractivity contribution is -0.856. The van der Waals surface area contributed by atoms with Gasteiger partial charge in [-0.25, -0.2) is 9.97 Å². The second kappa shape index (κ2) is 7.83. The van der Waals surface area contributed by atoms with Crippen molar-refractivity contribution < 1.29 is 14.4 Å². The number of carbonyl (C=O) groups excluding carboxylic acids is 1. The summed E-state index contributed by atoms with van der Waals surface area (Å²) in [5.74, 6) is 0.603. The van der Waals surface area contributed by atoms with Crippen molar-refractivity contribution >= 4 is 54.1 Å². The first kappa shape index (κ1) is 18.8. The zero-order valence-corrected chi connectivity index (χ0v) is 17.6. The molecular formula is C20H21N4O2S2+. The fraction of sp³-hybridized carbons (Fsp3) is 0.250. The monoisotopic (exact) mass is 413 g/mol. The second-order valence-electron chi connectivity index (χ2n) is 6.70. The third-order valence-corrected chi connectivity index (χ3v) is 6.45. The van der Waals surface area contributed by atoms with Crippen LogP contribution in [-0.4, -0.2) is 50.2 Å². The van der Waals surface area contributed by atoms with E-state index in [-0.39, 0.29) is 5.91 Å². The number of nitrogens with one attached hydrogen (secondary N) is 1. The van der Waals surface area contributed by atoms with Gasteiger partial charge < -0.3 is 9.64 Å². The zero-order chi connectivity index (χ0) is 19.7. The first-order valence-electron chi connectivity index (χ1n) is 8.97. The van der Waals surface area contributed by atoms with E-state index in [4.69, 9.17) is 9.72 Å². The molecular weight excluding hydrogens is 392 g/mol. The number of hydrogen-bond donors (Lipinski definition) is 1. The Bertz CT molecular complexity index is 1100. The van der Waals surface area contributed by atoms with Gasteiger partial charge in [0.1, 0.15) is 11.3 Å². The van der Waals surface area contributed by atoms with Gasteiger partial charge >= 0.3 is 0 Å². The van der Waals surface area contributed by atoms with Gasteiger partial charge in [0.25, 0.3) is 5.91 Å². The molecule has 0 spiro atoms. The molecule has 0 aliphatic heterocycles. The molecule has 0 atom stereocenters. The SMILES string of the molecule is COc1cccc2sc(N(CC[NH+](C)C)C(=O)c3nc4ccccc4s3)nc12.